The molecular weight excluding hydrogens is 242 g/mol. The molecule has 2 nitrogen and oxygen atoms in total. The van der Waals surface area contributed by atoms with Crippen molar-refractivity contribution in [2.75, 3.05) is 13.2 Å². The number of hydrogen-bond acceptors (Lipinski definition) is 2. The topological polar surface area (TPSA) is 35.2 Å². The van der Waals surface area contributed by atoms with E-state index in [-0.39, 0.29) is 0 Å². The Morgan fingerprint density at radius 3 is 2.93 bits per heavy atom. The lowest BCUT2D eigenvalue weighted by molar-refractivity contribution is 0.0943. The van der Waals surface area contributed by atoms with Crippen LogP contribution in [0.25, 0.3) is 0 Å². The van der Waals surface area contributed by atoms with Crippen LogP contribution >= 0.6 is 15.9 Å². The molecule has 0 saturated carbocycles. The Hall–Kier alpha value is -0.380. The zero-order chi connectivity index (χ0) is 10.4. The van der Waals surface area contributed by atoms with Crippen LogP contribution in [-0.4, -0.2) is 13.2 Å². The van der Waals surface area contributed by atoms with Crippen molar-refractivity contribution in [3.63, 3.8) is 0 Å². The predicted molar refractivity (Wildman–Crippen MR) is 62.0 cm³/mol. The van der Waals surface area contributed by atoms with E-state index < -0.39 is 0 Å². The maximum Gasteiger partial charge on any atom is 0.0717 e. The highest BCUT2D eigenvalue weighted by atomic mass is 79.9. The summed E-state index contributed by atoms with van der Waals surface area (Å²) in [5.74, 6) is 0.433. The summed E-state index contributed by atoms with van der Waals surface area (Å²) in [6.07, 6.45) is 0. The van der Waals surface area contributed by atoms with Crippen LogP contribution in [0.1, 0.15) is 12.5 Å². The Bertz CT molecular complexity index is 278. The van der Waals surface area contributed by atoms with Crippen LogP contribution < -0.4 is 5.73 Å². The van der Waals surface area contributed by atoms with Crippen LogP contribution in [0.5, 0.6) is 0 Å². The molecule has 14 heavy (non-hydrogen) atoms. The highest BCUT2D eigenvalue weighted by Gasteiger charge is 1.99. The zero-order valence-corrected chi connectivity index (χ0v) is 9.96. The van der Waals surface area contributed by atoms with Crippen molar-refractivity contribution in [2.24, 2.45) is 11.7 Å². The van der Waals surface area contributed by atoms with E-state index in [1.807, 2.05) is 12.1 Å². The molecule has 1 aromatic rings. The van der Waals surface area contributed by atoms with E-state index in [1.54, 1.807) is 0 Å². The fraction of sp³-hybridized carbons (Fsp3) is 0.455. The summed E-state index contributed by atoms with van der Waals surface area (Å²) in [7, 11) is 0. The Kier molecular flexibility index (Phi) is 5.15. The summed E-state index contributed by atoms with van der Waals surface area (Å²) >= 11 is 3.42. The molecule has 0 radical (unpaired) electrons. The Morgan fingerprint density at radius 2 is 2.29 bits per heavy atom. The molecule has 0 heterocycles. The molecule has 0 aliphatic heterocycles. The molecule has 78 valence electrons. The third-order valence-corrected chi connectivity index (χ3v) is 2.46. The number of halogens is 1. The molecule has 0 saturated heterocycles. The maximum atomic E-state index is 5.53. The fourth-order valence-corrected chi connectivity index (χ4v) is 1.52. The summed E-state index contributed by atoms with van der Waals surface area (Å²) in [4.78, 5) is 0. The van der Waals surface area contributed by atoms with Gasteiger partial charge in [0.25, 0.3) is 0 Å². The van der Waals surface area contributed by atoms with Gasteiger partial charge in [-0.25, -0.2) is 0 Å². The molecule has 0 aromatic heterocycles. The molecule has 0 bridgehead atoms. The molecule has 0 aliphatic rings. The van der Waals surface area contributed by atoms with Gasteiger partial charge in [0.15, 0.2) is 0 Å². The van der Waals surface area contributed by atoms with Crippen molar-refractivity contribution in [1.29, 1.82) is 0 Å². The summed E-state index contributed by atoms with van der Waals surface area (Å²) in [5.41, 5.74) is 6.67. The number of benzene rings is 1. The Labute approximate surface area is 93.6 Å². The van der Waals surface area contributed by atoms with Crippen molar-refractivity contribution in [2.45, 2.75) is 13.5 Å². The first-order chi connectivity index (χ1) is 6.72. The minimum Gasteiger partial charge on any atom is -0.376 e. The lowest BCUT2D eigenvalue weighted by Crippen LogP contribution is -2.16. The predicted octanol–water partition coefficient (Wildman–Crippen LogP) is 2.56. The van der Waals surface area contributed by atoms with E-state index in [0.29, 0.717) is 19.1 Å². The molecular formula is C11H16BrNO. The van der Waals surface area contributed by atoms with Gasteiger partial charge in [-0.1, -0.05) is 35.0 Å². The van der Waals surface area contributed by atoms with Crippen LogP contribution in [-0.2, 0) is 11.3 Å². The van der Waals surface area contributed by atoms with E-state index >= 15 is 0 Å². The van der Waals surface area contributed by atoms with Gasteiger partial charge in [-0.3, -0.25) is 0 Å². The second-order valence-electron chi connectivity index (χ2n) is 3.49. The SMILES string of the molecule is CC(CN)COCc1cccc(Br)c1. The lowest BCUT2D eigenvalue weighted by Gasteiger charge is -2.09. The van der Waals surface area contributed by atoms with E-state index in [4.69, 9.17) is 10.5 Å². The minimum absolute atomic E-state index is 0.433. The van der Waals surface area contributed by atoms with Crippen LogP contribution in [0.3, 0.4) is 0 Å². The molecule has 0 spiro atoms. The molecule has 1 atom stereocenters. The Balaban J connectivity index is 2.31. The van der Waals surface area contributed by atoms with Crippen molar-refractivity contribution < 1.29 is 4.74 Å². The van der Waals surface area contributed by atoms with Crippen LogP contribution in [0.15, 0.2) is 28.7 Å². The molecule has 0 fully saturated rings. The summed E-state index contributed by atoms with van der Waals surface area (Å²) in [6.45, 7) is 4.15. The normalized spacial score (nSPS) is 12.8. The first-order valence-electron chi connectivity index (χ1n) is 4.74. The van der Waals surface area contributed by atoms with Crippen molar-refractivity contribution in [3.8, 4) is 0 Å². The highest BCUT2D eigenvalue weighted by molar-refractivity contribution is 9.10. The van der Waals surface area contributed by atoms with E-state index in [2.05, 4.69) is 35.0 Å². The quantitative estimate of drug-likeness (QED) is 0.880. The molecule has 3 heteroatoms. The minimum atomic E-state index is 0.433. The summed E-state index contributed by atoms with van der Waals surface area (Å²) in [5, 5.41) is 0. The van der Waals surface area contributed by atoms with Gasteiger partial charge in [0.2, 0.25) is 0 Å². The lowest BCUT2D eigenvalue weighted by atomic mass is 10.2. The number of rotatable bonds is 5. The molecule has 1 unspecified atom stereocenters. The van der Waals surface area contributed by atoms with Gasteiger partial charge in [0.05, 0.1) is 13.2 Å². The van der Waals surface area contributed by atoms with Crippen LogP contribution in [0.2, 0.25) is 0 Å². The standard InChI is InChI=1S/C11H16BrNO/c1-9(6-13)7-14-8-10-3-2-4-11(12)5-10/h2-5,9H,6-8,13H2,1H3. The second-order valence-corrected chi connectivity index (χ2v) is 4.40. The second kappa shape index (κ2) is 6.17. The maximum absolute atomic E-state index is 5.53. The van der Waals surface area contributed by atoms with Gasteiger partial charge in [0.1, 0.15) is 0 Å². The average Bonchev–Trinajstić information content (AvgIpc) is 2.17. The highest BCUT2D eigenvalue weighted by Crippen LogP contribution is 2.12. The van der Waals surface area contributed by atoms with Gasteiger partial charge in [0, 0.05) is 4.47 Å². The van der Waals surface area contributed by atoms with Gasteiger partial charge < -0.3 is 10.5 Å². The van der Waals surface area contributed by atoms with Gasteiger partial charge in [-0.15, -0.1) is 0 Å². The molecule has 0 aliphatic carbocycles. The average molecular weight is 258 g/mol. The number of ether oxygens (including phenoxy) is 1. The van der Waals surface area contributed by atoms with E-state index in [0.717, 1.165) is 11.1 Å². The van der Waals surface area contributed by atoms with Gasteiger partial charge in [-0.05, 0) is 30.2 Å². The van der Waals surface area contributed by atoms with Crippen molar-refractivity contribution in [3.05, 3.63) is 34.3 Å². The summed E-state index contributed by atoms with van der Waals surface area (Å²) in [6, 6.07) is 8.13. The monoisotopic (exact) mass is 257 g/mol. The molecule has 0 amide bonds. The smallest absolute Gasteiger partial charge is 0.0717 e. The van der Waals surface area contributed by atoms with Gasteiger partial charge in [-0.2, -0.15) is 0 Å². The van der Waals surface area contributed by atoms with Crippen molar-refractivity contribution >= 4 is 15.9 Å². The van der Waals surface area contributed by atoms with E-state index in [1.165, 1.54) is 5.56 Å². The molecule has 1 aromatic carbocycles. The fourth-order valence-electron chi connectivity index (χ4n) is 1.07. The van der Waals surface area contributed by atoms with Crippen molar-refractivity contribution in [1.82, 2.24) is 0 Å². The first-order valence-corrected chi connectivity index (χ1v) is 5.54. The number of hydrogen-bond donors (Lipinski definition) is 1. The van der Waals surface area contributed by atoms with E-state index in [9.17, 15) is 0 Å². The third kappa shape index (κ3) is 4.22. The number of nitrogens with two attached hydrogens (primary N) is 1. The first kappa shape index (κ1) is 11.7. The van der Waals surface area contributed by atoms with Crippen LogP contribution in [0, 0.1) is 5.92 Å². The van der Waals surface area contributed by atoms with Gasteiger partial charge >= 0.3 is 0 Å². The third-order valence-electron chi connectivity index (χ3n) is 1.96. The Morgan fingerprint density at radius 1 is 1.50 bits per heavy atom. The largest absolute Gasteiger partial charge is 0.376 e. The van der Waals surface area contributed by atoms with Crippen LogP contribution in [0.4, 0.5) is 0 Å². The molecule has 2 N–H and O–H groups in total. The summed E-state index contributed by atoms with van der Waals surface area (Å²) < 4.78 is 6.61. The molecule has 1 rings (SSSR count). The zero-order valence-electron chi connectivity index (χ0n) is 8.37.